The zero-order valence-electron chi connectivity index (χ0n) is 19.3. The minimum atomic E-state index is -0.249. The van der Waals surface area contributed by atoms with Gasteiger partial charge in [0.15, 0.2) is 23.0 Å². The number of rotatable bonds is 11. The molecule has 3 rings (SSSR count). The molecule has 0 saturated heterocycles. The van der Waals surface area contributed by atoms with E-state index < -0.39 is 0 Å². The van der Waals surface area contributed by atoms with E-state index in [1.54, 1.807) is 37.7 Å². The van der Waals surface area contributed by atoms with Crippen molar-refractivity contribution in [2.45, 2.75) is 20.1 Å². The van der Waals surface area contributed by atoms with Crippen LogP contribution in [0.3, 0.4) is 0 Å². The molecule has 7 nitrogen and oxygen atoms in total. The maximum atomic E-state index is 12.3. The second kappa shape index (κ2) is 12.5. The lowest BCUT2D eigenvalue weighted by Gasteiger charge is -2.12. The molecule has 0 atom stereocenters. The summed E-state index contributed by atoms with van der Waals surface area (Å²) < 4.78 is 22.1. The van der Waals surface area contributed by atoms with Crippen LogP contribution in [0.1, 0.15) is 23.6 Å². The van der Waals surface area contributed by atoms with E-state index in [1.165, 1.54) is 13.2 Å². The van der Waals surface area contributed by atoms with E-state index in [4.69, 9.17) is 30.5 Å². The third kappa shape index (κ3) is 6.89. The standard InChI is InChI=1S/C26H27ClN2O5/c1-4-33-26-21(27)13-19(14-24(26)32-3)6-8-25(30)29-16-20-5-7-22(23(15-20)31-2)34-17-18-9-11-28-12-10-18/h5-15H,4,16-17H2,1-3H3,(H,29,30)/b8-6+. The number of carbonyl (C=O) groups is 1. The number of halogens is 1. The summed E-state index contributed by atoms with van der Waals surface area (Å²) in [5.41, 5.74) is 2.60. The molecule has 34 heavy (non-hydrogen) atoms. The molecule has 0 unspecified atom stereocenters. The van der Waals surface area contributed by atoms with Gasteiger partial charge in [-0.2, -0.15) is 0 Å². The van der Waals surface area contributed by atoms with Gasteiger partial charge in [-0.05, 0) is 66.1 Å². The van der Waals surface area contributed by atoms with Crippen LogP contribution in [0.5, 0.6) is 23.0 Å². The lowest BCUT2D eigenvalue weighted by Crippen LogP contribution is -2.20. The summed E-state index contributed by atoms with van der Waals surface area (Å²) in [6, 6.07) is 12.8. The average Bonchev–Trinajstić information content (AvgIpc) is 2.87. The summed E-state index contributed by atoms with van der Waals surface area (Å²) in [5, 5.41) is 3.27. The van der Waals surface area contributed by atoms with Crippen LogP contribution < -0.4 is 24.3 Å². The minimum Gasteiger partial charge on any atom is -0.493 e. The van der Waals surface area contributed by atoms with E-state index in [-0.39, 0.29) is 5.91 Å². The fourth-order valence-corrected chi connectivity index (χ4v) is 3.40. The molecule has 0 spiro atoms. The maximum absolute atomic E-state index is 12.3. The minimum absolute atomic E-state index is 0.249. The van der Waals surface area contributed by atoms with Crippen LogP contribution >= 0.6 is 11.6 Å². The van der Waals surface area contributed by atoms with Gasteiger partial charge in [0.05, 0.1) is 25.8 Å². The zero-order chi connectivity index (χ0) is 24.3. The van der Waals surface area contributed by atoms with Crippen LogP contribution in [-0.2, 0) is 17.9 Å². The summed E-state index contributed by atoms with van der Waals surface area (Å²) >= 11 is 6.28. The van der Waals surface area contributed by atoms with Gasteiger partial charge in [-0.15, -0.1) is 0 Å². The zero-order valence-corrected chi connectivity index (χ0v) is 20.1. The van der Waals surface area contributed by atoms with Crippen molar-refractivity contribution in [3.05, 3.63) is 82.6 Å². The SMILES string of the molecule is CCOc1c(Cl)cc(/C=C/C(=O)NCc2ccc(OCc3ccncc3)c(OC)c2)cc1OC. The van der Waals surface area contributed by atoms with Crippen molar-refractivity contribution in [3.8, 4) is 23.0 Å². The highest BCUT2D eigenvalue weighted by molar-refractivity contribution is 6.32. The molecule has 0 bridgehead atoms. The smallest absolute Gasteiger partial charge is 0.244 e. The molecule has 1 heterocycles. The Kier molecular flexibility index (Phi) is 9.17. The van der Waals surface area contributed by atoms with Gasteiger partial charge in [0.2, 0.25) is 5.91 Å². The third-order valence-electron chi connectivity index (χ3n) is 4.81. The first-order chi connectivity index (χ1) is 16.5. The highest BCUT2D eigenvalue weighted by Gasteiger charge is 2.11. The predicted octanol–water partition coefficient (Wildman–Crippen LogP) is 5.06. The number of aromatic nitrogens is 1. The average molecular weight is 483 g/mol. The largest absolute Gasteiger partial charge is 0.493 e. The molecule has 178 valence electrons. The van der Waals surface area contributed by atoms with Gasteiger partial charge in [-0.3, -0.25) is 9.78 Å². The van der Waals surface area contributed by atoms with Crippen molar-refractivity contribution in [1.29, 1.82) is 0 Å². The van der Waals surface area contributed by atoms with Gasteiger partial charge < -0.3 is 24.3 Å². The number of pyridine rings is 1. The number of nitrogens with one attached hydrogen (secondary N) is 1. The molecule has 0 aliphatic heterocycles. The van der Waals surface area contributed by atoms with Crippen LogP contribution in [0.25, 0.3) is 6.08 Å². The van der Waals surface area contributed by atoms with Crippen LogP contribution in [-0.4, -0.2) is 31.7 Å². The number of benzene rings is 2. The Morgan fingerprint density at radius 1 is 0.971 bits per heavy atom. The van der Waals surface area contributed by atoms with Crippen LogP contribution in [0.2, 0.25) is 5.02 Å². The summed E-state index contributed by atoms with van der Waals surface area (Å²) in [5.74, 6) is 1.95. The van der Waals surface area contributed by atoms with E-state index in [9.17, 15) is 4.79 Å². The summed E-state index contributed by atoms with van der Waals surface area (Å²) in [6.07, 6.45) is 6.54. The fraction of sp³-hybridized carbons (Fsp3) is 0.231. The number of carbonyl (C=O) groups excluding carboxylic acids is 1. The predicted molar refractivity (Wildman–Crippen MR) is 132 cm³/mol. The fourth-order valence-electron chi connectivity index (χ4n) is 3.12. The lowest BCUT2D eigenvalue weighted by molar-refractivity contribution is -0.116. The van der Waals surface area contributed by atoms with Crippen molar-refractivity contribution in [3.63, 3.8) is 0 Å². The highest BCUT2D eigenvalue weighted by atomic mass is 35.5. The summed E-state index contributed by atoms with van der Waals surface area (Å²) in [6.45, 7) is 3.07. The first-order valence-corrected chi connectivity index (χ1v) is 11.1. The van der Waals surface area contributed by atoms with Crippen molar-refractivity contribution in [2.75, 3.05) is 20.8 Å². The first kappa shape index (κ1) is 24.9. The second-order valence-corrected chi connectivity index (χ2v) is 7.55. The van der Waals surface area contributed by atoms with Crippen molar-refractivity contribution >= 4 is 23.6 Å². The van der Waals surface area contributed by atoms with E-state index in [2.05, 4.69) is 10.3 Å². The van der Waals surface area contributed by atoms with Crippen molar-refractivity contribution in [1.82, 2.24) is 10.3 Å². The van der Waals surface area contributed by atoms with E-state index in [0.717, 1.165) is 16.7 Å². The molecular formula is C26H27ClN2O5. The molecule has 1 amide bonds. The molecule has 0 saturated carbocycles. The van der Waals surface area contributed by atoms with Crippen LogP contribution in [0, 0.1) is 0 Å². The van der Waals surface area contributed by atoms with Crippen molar-refractivity contribution in [2.24, 2.45) is 0 Å². The lowest BCUT2D eigenvalue weighted by atomic mass is 10.1. The number of hydrogen-bond donors (Lipinski definition) is 1. The van der Waals surface area contributed by atoms with Gasteiger partial charge in [0.25, 0.3) is 0 Å². The number of amides is 1. The Morgan fingerprint density at radius 3 is 2.44 bits per heavy atom. The van der Waals surface area contributed by atoms with E-state index >= 15 is 0 Å². The summed E-state index contributed by atoms with van der Waals surface area (Å²) in [4.78, 5) is 16.3. The number of nitrogens with zero attached hydrogens (tertiary/aromatic N) is 1. The first-order valence-electron chi connectivity index (χ1n) is 10.7. The maximum Gasteiger partial charge on any atom is 0.244 e. The van der Waals surface area contributed by atoms with Gasteiger partial charge >= 0.3 is 0 Å². The van der Waals surface area contributed by atoms with Gasteiger partial charge in [0.1, 0.15) is 6.61 Å². The Labute approximate surface area is 204 Å². The Bertz CT molecular complexity index is 1140. The molecule has 0 radical (unpaired) electrons. The molecule has 1 aromatic heterocycles. The number of methoxy groups -OCH3 is 2. The third-order valence-corrected chi connectivity index (χ3v) is 5.09. The van der Waals surface area contributed by atoms with Gasteiger partial charge in [0, 0.05) is 25.0 Å². The summed E-state index contributed by atoms with van der Waals surface area (Å²) in [7, 11) is 3.12. The highest BCUT2D eigenvalue weighted by Crippen LogP contribution is 2.36. The molecule has 8 heteroatoms. The van der Waals surface area contributed by atoms with Gasteiger partial charge in [-0.25, -0.2) is 0 Å². The number of ether oxygens (including phenoxy) is 4. The molecule has 0 aliphatic rings. The molecule has 1 N–H and O–H groups in total. The number of hydrogen-bond acceptors (Lipinski definition) is 6. The monoisotopic (exact) mass is 482 g/mol. The Morgan fingerprint density at radius 2 is 1.74 bits per heavy atom. The Hall–Kier alpha value is -3.71. The van der Waals surface area contributed by atoms with Crippen molar-refractivity contribution < 1.29 is 23.7 Å². The topological polar surface area (TPSA) is 78.9 Å². The quantitative estimate of drug-likeness (QED) is 0.385. The van der Waals surface area contributed by atoms with Crippen LogP contribution in [0.15, 0.2) is 60.9 Å². The normalized spacial score (nSPS) is 10.7. The Balaban J connectivity index is 1.59. The van der Waals surface area contributed by atoms with Gasteiger partial charge in [-0.1, -0.05) is 17.7 Å². The molecule has 2 aromatic carbocycles. The molecular weight excluding hydrogens is 456 g/mol. The van der Waals surface area contributed by atoms with E-state index in [1.807, 2.05) is 37.3 Å². The molecule has 0 fully saturated rings. The molecule has 3 aromatic rings. The van der Waals surface area contributed by atoms with E-state index in [0.29, 0.717) is 47.8 Å². The molecule has 0 aliphatic carbocycles. The second-order valence-electron chi connectivity index (χ2n) is 7.15. The van der Waals surface area contributed by atoms with Crippen LogP contribution in [0.4, 0.5) is 0 Å².